The summed E-state index contributed by atoms with van der Waals surface area (Å²) in [5, 5.41) is 8.86. The lowest BCUT2D eigenvalue weighted by molar-refractivity contribution is 0.261. The van der Waals surface area contributed by atoms with Crippen LogP contribution in [0.15, 0.2) is 50.5 Å². The van der Waals surface area contributed by atoms with Crippen molar-refractivity contribution in [2.75, 3.05) is 19.8 Å². The number of rotatable bonds is 10. The number of aromatic nitrogens is 2. The van der Waals surface area contributed by atoms with Gasteiger partial charge in [-0.15, -0.1) is 10.2 Å². The first-order valence-electron chi connectivity index (χ1n) is 9.42. The second-order valence-electron chi connectivity index (χ2n) is 5.85. The molecule has 0 aliphatic carbocycles. The molecular weight excluding hydrogens is 456 g/mol. The van der Waals surface area contributed by atoms with E-state index in [2.05, 4.69) is 32.2 Å². The Hall–Kier alpha value is -2.19. The molecule has 154 valence electrons. The number of thioether (sulfide) groups is 1. The summed E-state index contributed by atoms with van der Waals surface area (Å²) in [6, 6.07) is 11.7. The van der Waals surface area contributed by atoms with Gasteiger partial charge in [0.2, 0.25) is 11.6 Å². The monoisotopic (exact) mass is 478 g/mol. The molecule has 0 saturated heterocycles. The van der Waals surface area contributed by atoms with Crippen molar-refractivity contribution in [3.63, 3.8) is 0 Å². The van der Waals surface area contributed by atoms with E-state index in [1.54, 1.807) is 0 Å². The second kappa shape index (κ2) is 10.5. The van der Waals surface area contributed by atoms with Crippen molar-refractivity contribution in [1.29, 1.82) is 0 Å². The van der Waals surface area contributed by atoms with Gasteiger partial charge in [0.25, 0.3) is 5.22 Å². The molecule has 0 aliphatic rings. The molecule has 0 saturated carbocycles. The highest BCUT2D eigenvalue weighted by atomic mass is 79.9. The lowest BCUT2D eigenvalue weighted by atomic mass is 10.2. The number of halogens is 1. The largest absolute Gasteiger partial charge is 0.490 e. The standard InChI is InChI=1S/C21H23BrN2O4S/c1-4-25-17-11-15(12-18(26-5-2)19(17)27-6-3)20-23-24-21(28-20)29-13-14-9-7-8-10-16(14)22/h7-12H,4-6,13H2,1-3H3. The van der Waals surface area contributed by atoms with Crippen LogP contribution in [0.1, 0.15) is 26.3 Å². The van der Waals surface area contributed by atoms with Crippen LogP contribution in [0, 0.1) is 0 Å². The van der Waals surface area contributed by atoms with E-state index < -0.39 is 0 Å². The molecule has 3 rings (SSSR count). The minimum absolute atomic E-state index is 0.407. The molecule has 1 heterocycles. The third-order valence-electron chi connectivity index (χ3n) is 3.87. The van der Waals surface area contributed by atoms with Gasteiger partial charge in [-0.3, -0.25) is 0 Å². The predicted octanol–water partition coefficient (Wildman–Crippen LogP) is 5.99. The summed E-state index contributed by atoms with van der Waals surface area (Å²) in [4.78, 5) is 0. The highest BCUT2D eigenvalue weighted by Gasteiger charge is 2.19. The van der Waals surface area contributed by atoms with Crippen molar-refractivity contribution in [3.8, 4) is 28.7 Å². The summed E-state index contributed by atoms with van der Waals surface area (Å²) in [6.45, 7) is 7.29. The average Bonchev–Trinajstić information content (AvgIpc) is 3.19. The van der Waals surface area contributed by atoms with E-state index in [1.165, 1.54) is 11.8 Å². The van der Waals surface area contributed by atoms with Crippen molar-refractivity contribution in [2.24, 2.45) is 0 Å². The number of hydrogen-bond donors (Lipinski definition) is 0. The fourth-order valence-electron chi connectivity index (χ4n) is 2.65. The fourth-order valence-corrected chi connectivity index (χ4v) is 4.03. The number of ether oxygens (including phenoxy) is 3. The molecule has 29 heavy (non-hydrogen) atoms. The van der Waals surface area contributed by atoms with E-state index in [-0.39, 0.29) is 0 Å². The van der Waals surface area contributed by atoms with Gasteiger partial charge >= 0.3 is 0 Å². The summed E-state index contributed by atoms with van der Waals surface area (Å²) in [5.74, 6) is 2.90. The zero-order valence-corrected chi connectivity index (χ0v) is 19.0. The van der Waals surface area contributed by atoms with Crippen LogP contribution < -0.4 is 14.2 Å². The zero-order chi connectivity index (χ0) is 20.6. The van der Waals surface area contributed by atoms with E-state index >= 15 is 0 Å². The van der Waals surface area contributed by atoms with Crippen molar-refractivity contribution in [2.45, 2.75) is 31.7 Å². The summed E-state index contributed by atoms with van der Waals surface area (Å²) in [5.41, 5.74) is 1.89. The predicted molar refractivity (Wildman–Crippen MR) is 117 cm³/mol. The molecule has 1 aromatic heterocycles. The molecule has 0 N–H and O–H groups in total. The molecular formula is C21H23BrN2O4S. The molecule has 8 heteroatoms. The SMILES string of the molecule is CCOc1cc(-c2nnc(SCc3ccccc3Br)o2)cc(OCC)c1OCC. The van der Waals surface area contributed by atoms with Gasteiger partial charge in [0.1, 0.15) is 0 Å². The van der Waals surface area contributed by atoms with Crippen LogP contribution in [0.3, 0.4) is 0 Å². The van der Waals surface area contributed by atoms with Gasteiger partial charge in [-0.05, 0) is 44.5 Å². The Labute approximate surface area is 183 Å². The van der Waals surface area contributed by atoms with Gasteiger partial charge in [-0.2, -0.15) is 0 Å². The zero-order valence-electron chi connectivity index (χ0n) is 16.6. The summed E-state index contributed by atoms with van der Waals surface area (Å²) in [7, 11) is 0. The average molecular weight is 479 g/mol. The number of hydrogen-bond acceptors (Lipinski definition) is 7. The molecule has 0 aliphatic heterocycles. The van der Waals surface area contributed by atoms with E-state index in [0.29, 0.717) is 48.2 Å². The minimum Gasteiger partial charge on any atom is -0.490 e. The second-order valence-corrected chi connectivity index (χ2v) is 7.63. The van der Waals surface area contributed by atoms with Crippen LogP contribution in [0.25, 0.3) is 11.5 Å². The van der Waals surface area contributed by atoms with E-state index in [4.69, 9.17) is 18.6 Å². The number of benzene rings is 2. The highest BCUT2D eigenvalue weighted by molar-refractivity contribution is 9.10. The van der Waals surface area contributed by atoms with Gasteiger partial charge < -0.3 is 18.6 Å². The third-order valence-corrected chi connectivity index (χ3v) is 5.51. The molecule has 6 nitrogen and oxygen atoms in total. The Kier molecular flexibility index (Phi) is 7.83. The van der Waals surface area contributed by atoms with E-state index in [0.717, 1.165) is 21.4 Å². The van der Waals surface area contributed by atoms with Crippen molar-refractivity contribution in [3.05, 3.63) is 46.4 Å². The van der Waals surface area contributed by atoms with Crippen LogP contribution in [0.4, 0.5) is 0 Å². The quantitative estimate of drug-likeness (QED) is 0.331. The molecule has 3 aromatic rings. The first-order chi connectivity index (χ1) is 14.2. The smallest absolute Gasteiger partial charge is 0.277 e. The maximum Gasteiger partial charge on any atom is 0.277 e. The van der Waals surface area contributed by atoms with Gasteiger partial charge in [-0.1, -0.05) is 45.9 Å². The van der Waals surface area contributed by atoms with Crippen LogP contribution in [0.2, 0.25) is 0 Å². The Morgan fingerprint density at radius 2 is 1.59 bits per heavy atom. The van der Waals surface area contributed by atoms with Crippen molar-refractivity contribution in [1.82, 2.24) is 10.2 Å². The lowest BCUT2D eigenvalue weighted by Crippen LogP contribution is -2.03. The molecule has 0 bridgehead atoms. The Morgan fingerprint density at radius 3 is 2.21 bits per heavy atom. The lowest BCUT2D eigenvalue weighted by Gasteiger charge is -2.16. The number of nitrogens with zero attached hydrogens (tertiary/aromatic N) is 2. The van der Waals surface area contributed by atoms with Gasteiger partial charge in [0.05, 0.1) is 19.8 Å². The van der Waals surface area contributed by atoms with Crippen LogP contribution in [-0.4, -0.2) is 30.0 Å². The maximum absolute atomic E-state index is 5.87. The van der Waals surface area contributed by atoms with Crippen LogP contribution in [0.5, 0.6) is 17.2 Å². The van der Waals surface area contributed by atoms with Crippen molar-refractivity contribution < 1.29 is 18.6 Å². The van der Waals surface area contributed by atoms with Crippen LogP contribution in [-0.2, 0) is 5.75 Å². The fraction of sp³-hybridized carbons (Fsp3) is 0.333. The molecule has 0 spiro atoms. The summed E-state index contributed by atoms with van der Waals surface area (Å²) >= 11 is 5.04. The highest BCUT2D eigenvalue weighted by Crippen LogP contribution is 2.42. The Balaban J connectivity index is 1.85. The first-order valence-corrected chi connectivity index (χ1v) is 11.2. The summed E-state index contributed by atoms with van der Waals surface area (Å²) in [6.07, 6.45) is 0. The maximum atomic E-state index is 5.87. The van der Waals surface area contributed by atoms with E-state index in [1.807, 2.05) is 51.1 Å². The topological polar surface area (TPSA) is 66.6 Å². The molecule has 0 amide bonds. The van der Waals surface area contributed by atoms with Gasteiger partial charge in [0.15, 0.2) is 11.5 Å². The molecule has 2 aromatic carbocycles. The molecule has 0 radical (unpaired) electrons. The third kappa shape index (κ3) is 5.45. The molecule has 0 fully saturated rings. The molecule has 0 unspecified atom stereocenters. The van der Waals surface area contributed by atoms with Crippen LogP contribution >= 0.6 is 27.7 Å². The minimum atomic E-state index is 0.407. The summed E-state index contributed by atoms with van der Waals surface area (Å²) < 4.78 is 24.2. The Bertz CT molecular complexity index is 921. The van der Waals surface area contributed by atoms with Gasteiger partial charge in [0, 0.05) is 15.8 Å². The molecule has 0 atom stereocenters. The van der Waals surface area contributed by atoms with Crippen molar-refractivity contribution >= 4 is 27.7 Å². The normalized spacial score (nSPS) is 10.8. The van der Waals surface area contributed by atoms with E-state index in [9.17, 15) is 0 Å². The first kappa shape index (κ1) is 21.5. The van der Waals surface area contributed by atoms with Gasteiger partial charge in [-0.25, -0.2) is 0 Å². The Morgan fingerprint density at radius 1 is 0.931 bits per heavy atom.